The van der Waals surface area contributed by atoms with Crippen molar-refractivity contribution in [2.45, 2.75) is 58.4 Å². The lowest BCUT2D eigenvalue weighted by Crippen LogP contribution is -2.49. The zero-order valence-electron chi connectivity index (χ0n) is 19.6. The highest BCUT2D eigenvalue weighted by Crippen LogP contribution is 2.09. The van der Waals surface area contributed by atoms with Crippen molar-refractivity contribution in [1.82, 2.24) is 15.5 Å². The SMILES string of the molecule is C=CCCC(NC(=O)C(C)CCCN(C)C(C)=O)C(=O)C(=O)NCCCc1ccccc1. The third-order valence-corrected chi connectivity index (χ3v) is 5.40. The smallest absolute Gasteiger partial charge is 0.289 e. The summed E-state index contributed by atoms with van der Waals surface area (Å²) in [5.74, 6) is -1.93. The number of Topliss-reactive ketones (excluding diaryl/α,β-unsaturated/α-hetero) is 1. The van der Waals surface area contributed by atoms with Gasteiger partial charge in [-0.1, -0.05) is 43.3 Å². The fourth-order valence-corrected chi connectivity index (χ4v) is 3.17. The van der Waals surface area contributed by atoms with Crippen molar-refractivity contribution in [3.63, 3.8) is 0 Å². The number of nitrogens with zero attached hydrogens (tertiary/aromatic N) is 1. The van der Waals surface area contributed by atoms with Crippen LogP contribution in [-0.4, -0.2) is 54.6 Å². The molecule has 1 aromatic carbocycles. The molecule has 7 heteroatoms. The van der Waals surface area contributed by atoms with Crippen LogP contribution in [0.25, 0.3) is 0 Å². The van der Waals surface area contributed by atoms with Gasteiger partial charge in [-0.05, 0) is 44.1 Å². The van der Waals surface area contributed by atoms with Crippen molar-refractivity contribution in [2.24, 2.45) is 5.92 Å². The average Bonchev–Trinajstić information content (AvgIpc) is 2.79. The molecule has 7 nitrogen and oxygen atoms in total. The van der Waals surface area contributed by atoms with Crippen molar-refractivity contribution >= 4 is 23.5 Å². The fraction of sp³-hybridized carbons (Fsp3) is 0.520. The normalized spacial score (nSPS) is 12.3. The van der Waals surface area contributed by atoms with E-state index in [0.29, 0.717) is 38.8 Å². The highest BCUT2D eigenvalue weighted by atomic mass is 16.2. The van der Waals surface area contributed by atoms with Crippen LogP contribution in [0.3, 0.4) is 0 Å². The minimum atomic E-state index is -0.878. The Kier molecular flexibility index (Phi) is 12.6. The number of hydrogen-bond acceptors (Lipinski definition) is 4. The van der Waals surface area contributed by atoms with E-state index in [9.17, 15) is 19.2 Å². The number of allylic oxidation sites excluding steroid dienone is 1. The van der Waals surface area contributed by atoms with Crippen LogP contribution in [0.2, 0.25) is 0 Å². The summed E-state index contributed by atoms with van der Waals surface area (Å²) in [6, 6.07) is 9.05. The van der Waals surface area contributed by atoms with Crippen molar-refractivity contribution in [3.05, 3.63) is 48.6 Å². The molecule has 2 atom stereocenters. The molecule has 0 spiro atoms. The zero-order valence-corrected chi connectivity index (χ0v) is 19.6. The first-order valence-corrected chi connectivity index (χ1v) is 11.2. The number of ketones is 1. The van der Waals surface area contributed by atoms with Gasteiger partial charge in [-0.3, -0.25) is 19.2 Å². The van der Waals surface area contributed by atoms with Gasteiger partial charge >= 0.3 is 0 Å². The maximum Gasteiger partial charge on any atom is 0.289 e. The second-order valence-corrected chi connectivity index (χ2v) is 8.12. The van der Waals surface area contributed by atoms with E-state index in [4.69, 9.17) is 0 Å². The minimum absolute atomic E-state index is 0.0213. The molecule has 3 amide bonds. The molecule has 1 aromatic rings. The van der Waals surface area contributed by atoms with Crippen LogP contribution in [0.5, 0.6) is 0 Å². The molecule has 176 valence electrons. The first-order chi connectivity index (χ1) is 15.3. The standard InChI is InChI=1S/C25H37N3O4/c1-5-6-16-22(27-24(31)19(2)12-11-18-28(4)20(3)29)23(30)25(32)26-17-10-15-21-13-8-7-9-14-21/h5,7-9,13-14,19,22H,1,6,10-12,15-18H2,2-4H3,(H,26,32)(H,27,31). The van der Waals surface area contributed by atoms with Gasteiger partial charge in [0.15, 0.2) is 0 Å². The first kappa shape index (κ1) is 27.1. The Morgan fingerprint density at radius 3 is 2.41 bits per heavy atom. The molecule has 0 aromatic heterocycles. The van der Waals surface area contributed by atoms with E-state index in [-0.39, 0.29) is 17.7 Å². The van der Waals surface area contributed by atoms with E-state index in [0.717, 1.165) is 12.8 Å². The lowest BCUT2D eigenvalue weighted by atomic mass is 10.0. The van der Waals surface area contributed by atoms with Gasteiger partial charge in [-0.15, -0.1) is 6.58 Å². The van der Waals surface area contributed by atoms with Crippen LogP contribution in [0.1, 0.15) is 51.5 Å². The van der Waals surface area contributed by atoms with Crippen LogP contribution >= 0.6 is 0 Å². The maximum absolute atomic E-state index is 12.6. The van der Waals surface area contributed by atoms with Gasteiger partial charge in [0.2, 0.25) is 17.6 Å². The Labute approximate surface area is 191 Å². The molecule has 0 aliphatic rings. The Hall–Kier alpha value is -2.96. The number of aryl methyl sites for hydroxylation is 1. The Bertz CT molecular complexity index is 764. The number of carbonyl (C=O) groups excluding carboxylic acids is 4. The van der Waals surface area contributed by atoms with Crippen LogP contribution < -0.4 is 10.6 Å². The molecular weight excluding hydrogens is 406 g/mol. The molecule has 0 saturated carbocycles. The molecule has 32 heavy (non-hydrogen) atoms. The topological polar surface area (TPSA) is 95.6 Å². The predicted molar refractivity (Wildman–Crippen MR) is 126 cm³/mol. The van der Waals surface area contributed by atoms with Crippen LogP contribution in [0, 0.1) is 5.92 Å². The molecule has 0 heterocycles. The third kappa shape index (κ3) is 10.4. The minimum Gasteiger partial charge on any atom is -0.349 e. The summed E-state index contributed by atoms with van der Waals surface area (Å²) >= 11 is 0. The molecular formula is C25H37N3O4. The maximum atomic E-state index is 12.6. The van der Waals surface area contributed by atoms with Gasteiger partial charge in [0, 0.05) is 33.0 Å². The number of amides is 3. The van der Waals surface area contributed by atoms with Gasteiger partial charge < -0.3 is 15.5 Å². The fourth-order valence-electron chi connectivity index (χ4n) is 3.17. The predicted octanol–water partition coefficient (Wildman–Crippen LogP) is 2.65. The molecule has 2 N–H and O–H groups in total. The summed E-state index contributed by atoms with van der Waals surface area (Å²) in [5.41, 5.74) is 1.17. The van der Waals surface area contributed by atoms with Crippen LogP contribution in [0.4, 0.5) is 0 Å². The Balaban J connectivity index is 2.50. The summed E-state index contributed by atoms with van der Waals surface area (Å²) in [6.45, 7) is 7.89. The van der Waals surface area contributed by atoms with E-state index in [1.54, 1.807) is 24.9 Å². The molecule has 0 aliphatic carbocycles. The van der Waals surface area contributed by atoms with E-state index in [1.807, 2.05) is 30.3 Å². The number of nitrogens with one attached hydrogen (secondary N) is 2. The van der Waals surface area contributed by atoms with Gasteiger partial charge in [0.05, 0.1) is 6.04 Å². The highest BCUT2D eigenvalue weighted by molar-refractivity contribution is 6.38. The summed E-state index contributed by atoms with van der Waals surface area (Å²) in [4.78, 5) is 50.4. The van der Waals surface area contributed by atoms with E-state index in [2.05, 4.69) is 17.2 Å². The Morgan fingerprint density at radius 1 is 1.09 bits per heavy atom. The van der Waals surface area contributed by atoms with Gasteiger partial charge in [0.1, 0.15) is 0 Å². The van der Waals surface area contributed by atoms with Gasteiger partial charge in [-0.25, -0.2) is 0 Å². The van der Waals surface area contributed by atoms with Gasteiger partial charge in [-0.2, -0.15) is 0 Å². The van der Waals surface area contributed by atoms with E-state index < -0.39 is 17.7 Å². The van der Waals surface area contributed by atoms with Gasteiger partial charge in [0.25, 0.3) is 5.91 Å². The summed E-state index contributed by atoms with van der Waals surface area (Å²) in [7, 11) is 1.72. The summed E-state index contributed by atoms with van der Waals surface area (Å²) in [5, 5.41) is 5.40. The lowest BCUT2D eigenvalue weighted by molar-refractivity contribution is -0.140. The second kappa shape index (κ2) is 14.9. The first-order valence-electron chi connectivity index (χ1n) is 11.2. The molecule has 0 radical (unpaired) electrons. The van der Waals surface area contributed by atoms with Crippen molar-refractivity contribution in [2.75, 3.05) is 20.1 Å². The monoisotopic (exact) mass is 443 g/mol. The molecule has 2 unspecified atom stereocenters. The van der Waals surface area contributed by atoms with E-state index >= 15 is 0 Å². The Morgan fingerprint density at radius 2 is 1.78 bits per heavy atom. The van der Waals surface area contributed by atoms with Crippen LogP contribution in [0.15, 0.2) is 43.0 Å². The number of rotatable bonds is 15. The average molecular weight is 444 g/mol. The summed E-state index contributed by atoms with van der Waals surface area (Å²) < 4.78 is 0. The molecule has 0 bridgehead atoms. The molecule has 0 fully saturated rings. The van der Waals surface area contributed by atoms with Crippen molar-refractivity contribution < 1.29 is 19.2 Å². The van der Waals surface area contributed by atoms with Crippen molar-refractivity contribution in [3.8, 4) is 0 Å². The highest BCUT2D eigenvalue weighted by Gasteiger charge is 2.27. The largest absolute Gasteiger partial charge is 0.349 e. The van der Waals surface area contributed by atoms with E-state index in [1.165, 1.54) is 12.5 Å². The molecule has 0 saturated heterocycles. The third-order valence-electron chi connectivity index (χ3n) is 5.40. The zero-order chi connectivity index (χ0) is 23.9. The number of hydrogen-bond donors (Lipinski definition) is 2. The molecule has 1 rings (SSSR count). The molecule has 0 aliphatic heterocycles. The second-order valence-electron chi connectivity index (χ2n) is 8.12. The number of benzene rings is 1. The quantitative estimate of drug-likeness (QED) is 0.247. The number of carbonyl (C=O) groups is 4. The van der Waals surface area contributed by atoms with Crippen LogP contribution in [-0.2, 0) is 25.6 Å². The lowest BCUT2D eigenvalue weighted by Gasteiger charge is -2.20. The summed E-state index contributed by atoms with van der Waals surface area (Å²) in [6.07, 6.45) is 5.28. The van der Waals surface area contributed by atoms with Crippen molar-refractivity contribution in [1.29, 1.82) is 0 Å².